The summed E-state index contributed by atoms with van der Waals surface area (Å²) in [6.07, 6.45) is 5.76. The Morgan fingerprint density at radius 1 is 0.966 bits per heavy atom. The molecule has 0 saturated heterocycles. The van der Waals surface area contributed by atoms with Gasteiger partial charge in [-0.25, -0.2) is 0 Å². The van der Waals surface area contributed by atoms with E-state index in [0.717, 1.165) is 12.2 Å². The average Bonchev–Trinajstić information content (AvgIpc) is 3.28. The molecule has 1 aliphatic carbocycles. The van der Waals surface area contributed by atoms with E-state index in [2.05, 4.69) is 78.1 Å². The second-order valence-corrected chi connectivity index (χ2v) is 7.66. The van der Waals surface area contributed by atoms with Gasteiger partial charge in [-0.05, 0) is 58.9 Å². The average molecular weight is 378 g/mol. The predicted molar refractivity (Wildman–Crippen MR) is 116 cm³/mol. The van der Waals surface area contributed by atoms with Gasteiger partial charge >= 0.3 is 0 Å². The fraction of sp³-hybridized carbons (Fsp3) is 0.192. The Morgan fingerprint density at radius 3 is 2.59 bits per heavy atom. The van der Waals surface area contributed by atoms with Crippen LogP contribution in [0.1, 0.15) is 29.5 Å². The lowest BCUT2D eigenvalue weighted by atomic mass is 9.76. The number of nitrogens with zero attached hydrogens (tertiary/aromatic N) is 1. The third-order valence-corrected chi connectivity index (χ3v) is 6.01. The van der Waals surface area contributed by atoms with Gasteiger partial charge in [-0.3, -0.25) is 0 Å². The Bertz CT molecular complexity index is 1080. The standard InChI is InChI=1S/C26H22N2O/c27-15-16-29-21-12-9-19(10-13-21)26-23-8-4-7-22(23)24-17-20(11-14-25(24)28-26)18-5-2-1-3-6-18/h1-7,9-14,17,22-23,26,28H,8,16H2/t22-,23+,26+/m1/s1. The van der Waals surface area contributed by atoms with Crippen molar-refractivity contribution in [3.05, 3.63) is 96.1 Å². The molecule has 0 amide bonds. The van der Waals surface area contributed by atoms with Gasteiger partial charge in [0.15, 0.2) is 6.61 Å². The molecule has 3 aromatic rings. The largest absolute Gasteiger partial charge is 0.479 e. The van der Waals surface area contributed by atoms with Crippen molar-refractivity contribution in [1.82, 2.24) is 0 Å². The molecule has 1 N–H and O–H groups in total. The van der Waals surface area contributed by atoms with Crippen LogP contribution in [-0.4, -0.2) is 6.61 Å². The van der Waals surface area contributed by atoms with E-state index in [9.17, 15) is 0 Å². The molecule has 3 nitrogen and oxygen atoms in total. The first-order valence-electron chi connectivity index (χ1n) is 10.1. The quantitative estimate of drug-likeness (QED) is 0.559. The molecule has 0 saturated carbocycles. The summed E-state index contributed by atoms with van der Waals surface area (Å²) in [5.41, 5.74) is 6.37. The third-order valence-electron chi connectivity index (χ3n) is 6.01. The Labute approximate surface area is 171 Å². The van der Waals surface area contributed by atoms with Gasteiger partial charge in [-0.15, -0.1) is 0 Å². The number of hydrogen-bond acceptors (Lipinski definition) is 3. The van der Waals surface area contributed by atoms with Gasteiger partial charge in [0, 0.05) is 11.6 Å². The lowest BCUT2D eigenvalue weighted by molar-refractivity contribution is 0.367. The number of benzene rings is 3. The molecule has 0 aromatic heterocycles. The van der Waals surface area contributed by atoms with Gasteiger partial charge in [-0.1, -0.05) is 60.7 Å². The minimum absolute atomic E-state index is 0.0762. The van der Waals surface area contributed by atoms with Crippen LogP contribution < -0.4 is 10.1 Å². The van der Waals surface area contributed by atoms with Crippen LogP contribution in [0.2, 0.25) is 0 Å². The van der Waals surface area contributed by atoms with Crippen molar-refractivity contribution in [2.75, 3.05) is 11.9 Å². The van der Waals surface area contributed by atoms with Crippen molar-refractivity contribution < 1.29 is 4.74 Å². The van der Waals surface area contributed by atoms with Crippen LogP contribution >= 0.6 is 0 Å². The zero-order chi connectivity index (χ0) is 19.6. The number of anilines is 1. The highest BCUT2D eigenvalue weighted by Gasteiger charge is 2.37. The molecule has 0 spiro atoms. The molecule has 3 atom stereocenters. The molecule has 142 valence electrons. The topological polar surface area (TPSA) is 45.0 Å². The van der Waals surface area contributed by atoms with Crippen LogP contribution in [0.5, 0.6) is 5.75 Å². The Hall–Kier alpha value is -3.51. The monoisotopic (exact) mass is 378 g/mol. The SMILES string of the molecule is N#CCOc1ccc([C@@H]2Nc3ccc(-c4ccccc4)cc3[C@@H]3C=CC[C@@H]32)cc1. The van der Waals surface area contributed by atoms with Crippen LogP contribution in [-0.2, 0) is 0 Å². The number of fused-ring (bicyclic) bond motifs is 3. The molecule has 1 aliphatic heterocycles. The first-order valence-corrected chi connectivity index (χ1v) is 10.1. The highest BCUT2D eigenvalue weighted by Crippen LogP contribution is 2.50. The molecule has 1 heterocycles. The van der Waals surface area contributed by atoms with Crippen LogP contribution in [0, 0.1) is 17.2 Å². The number of nitrogens with one attached hydrogen (secondary N) is 1. The van der Waals surface area contributed by atoms with E-state index in [1.165, 1.54) is 27.9 Å². The molecule has 3 heteroatoms. The molecule has 2 aliphatic rings. The number of ether oxygens (including phenoxy) is 1. The number of nitriles is 1. The maximum absolute atomic E-state index is 8.68. The number of hydrogen-bond donors (Lipinski definition) is 1. The van der Waals surface area contributed by atoms with E-state index in [-0.39, 0.29) is 12.6 Å². The summed E-state index contributed by atoms with van der Waals surface area (Å²) >= 11 is 0. The molecule has 0 unspecified atom stereocenters. The fourth-order valence-corrected chi connectivity index (χ4v) is 4.62. The van der Waals surface area contributed by atoms with E-state index in [4.69, 9.17) is 10.00 Å². The zero-order valence-corrected chi connectivity index (χ0v) is 16.1. The maximum Gasteiger partial charge on any atom is 0.174 e. The van der Waals surface area contributed by atoms with Crippen molar-refractivity contribution in [2.24, 2.45) is 5.92 Å². The lowest BCUT2D eigenvalue weighted by Crippen LogP contribution is -2.29. The van der Waals surface area contributed by atoms with Crippen LogP contribution in [0.4, 0.5) is 5.69 Å². The van der Waals surface area contributed by atoms with Gasteiger partial charge in [0.05, 0.1) is 6.04 Å². The van der Waals surface area contributed by atoms with Gasteiger partial charge in [-0.2, -0.15) is 5.26 Å². The first kappa shape index (κ1) is 17.6. The Balaban J connectivity index is 1.47. The molecule has 3 aromatic carbocycles. The summed E-state index contributed by atoms with van der Waals surface area (Å²) in [7, 11) is 0. The van der Waals surface area contributed by atoms with Gasteiger partial charge < -0.3 is 10.1 Å². The normalized spacial score (nSPS) is 21.6. The molecule has 0 bridgehead atoms. The highest BCUT2D eigenvalue weighted by molar-refractivity contribution is 5.71. The van der Waals surface area contributed by atoms with Crippen molar-refractivity contribution in [3.8, 4) is 22.9 Å². The van der Waals surface area contributed by atoms with Gasteiger partial charge in [0.2, 0.25) is 0 Å². The van der Waals surface area contributed by atoms with Crippen LogP contribution in [0.3, 0.4) is 0 Å². The lowest BCUT2D eigenvalue weighted by Gasteiger charge is -2.38. The summed E-state index contributed by atoms with van der Waals surface area (Å²) in [5.74, 6) is 1.66. The first-order chi connectivity index (χ1) is 14.3. The zero-order valence-electron chi connectivity index (χ0n) is 16.1. The molecule has 29 heavy (non-hydrogen) atoms. The minimum Gasteiger partial charge on any atom is -0.479 e. The summed E-state index contributed by atoms with van der Waals surface area (Å²) < 4.78 is 5.40. The summed E-state index contributed by atoms with van der Waals surface area (Å²) in [6, 6.07) is 27.7. The van der Waals surface area contributed by atoms with Crippen LogP contribution in [0.15, 0.2) is 84.9 Å². The summed E-state index contributed by atoms with van der Waals surface area (Å²) in [5, 5.41) is 12.5. The van der Waals surface area contributed by atoms with E-state index >= 15 is 0 Å². The van der Waals surface area contributed by atoms with E-state index in [0.29, 0.717) is 11.8 Å². The van der Waals surface area contributed by atoms with E-state index < -0.39 is 0 Å². The van der Waals surface area contributed by atoms with E-state index in [1.54, 1.807) is 0 Å². The summed E-state index contributed by atoms with van der Waals surface area (Å²) in [4.78, 5) is 0. The highest BCUT2D eigenvalue weighted by atomic mass is 16.5. The van der Waals surface area contributed by atoms with Crippen LogP contribution in [0.25, 0.3) is 11.1 Å². The Morgan fingerprint density at radius 2 is 1.79 bits per heavy atom. The molecular formula is C26H22N2O. The van der Waals surface area contributed by atoms with Crippen molar-refractivity contribution in [3.63, 3.8) is 0 Å². The molecule has 0 radical (unpaired) electrons. The maximum atomic E-state index is 8.68. The molecular weight excluding hydrogens is 356 g/mol. The van der Waals surface area contributed by atoms with Crippen molar-refractivity contribution in [2.45, 2.75) is 18.4 Å². The van der Waals surface area contributed by atoms with E-state index in [1.807, 2.05) is 18.2 Å². The third kappa shape index (κ3) is 3.28. The van der Waals surface area contributed by atoms with Crippen molar-refractivity contribution >= 4 is 5.69 Å². The van der Waals surface area contributed by atoms with Crippen molar-refractivity contribution in [1.29, 1.82) is 5.26 Å². The number of allylic oxidation sites excluding steroid dienone is 2. The minimum atomic E-state index is 0.0762. The van der Waals surface area contributed by atoms with Gasteiger partial charge in [0.1, 0.15) is 11.8 Å². The molecule has 0 fully saturated rings. The smallest absolute Gasteiger partial charge is 0.174 e. The Kier molecular flexibility index (Phi) is 4.54. The molecule has 5 rings (SSSR count). The fourth-order valence-electron chi connectivity index (χ4n) is 4.62. The number of rotatable bonds is 4. The second kappa shape index (κ2) is 7.48. The summed E-state index contributed by atoms with van der Waals surface area (Å²) in [6.45, 7) is 0.0762. The predicted octanol–water partition coefficient (Wildman–Crippen LogP) is 6.08. The van der Waals surface area contributed by atoms with Gasteiger partial charge in [0.25, 0.3) is 0 Å². The second-order valence-electron chi connectivity index (χ2n) is 7.66.